The molecular formula is C15H17NO4S. The largest absolute Gasteiger partial charge is 0.465 e. The number of anilines is 1. The summed E-state index contributed by atoms with van der Waals surface area (Å²) in [5.41, 5.74) is 0.370. The molecule has 0 aromatic carbocycles. The van der Waals surface area contributed by atoms with Gasteiger partial charge in [0.15, 0.2) is 0 Å². The normalized spacial score (nSPS) is 14.5. The molecule has 0 spiro atoms. The summed E-state index contributed by atoms with van der Waals surface area (Å²) in [7, 11) is 1.31. The van der Waals surface area contributed by atoms with Crippen LogP contribution >= 0.6 is 11.3 Å². The molecule has 0 N–H and O–H groups in total. The fourth-order valence-electron chi connectivity index (χ4n) is 1.74. The maximum atomic E-state index is 11.9. The Morgan fingerprint density at radius 2 is 2.19 bits per heavy atom. The number of hydrogen-bond acceptors (Lipinski definition) is 5. The molecule has 1 aromatic rings. The van der Waals surface area contributed by atoms with Crippen LogP contribution < -0.4 is 4.90 Å². The lowest BCUT2D eigenvalue weighted by atomic mass is 9.98. The van der Waals surface area contributed by atoms with E-state index >= 15 is 0 Å². The van der Waals surface area contributed by atoms with Crippen molar-refractivity contribution in [1.29, 1.82) is 0 Å². The minimum Gasteiger partial charge on any atom is -0.465 e. The number of ether oxygens (including phenoxy) is 2. The van der Waals surface area contributed by atoms with Crippen LogP contribution in [0.3, 0.4) is 0 Å². The number of rotatable bonds is 2. The van der Waals surface area contributed by atoms with Crippen LogP contribution in [-0.2, 0) is 9.47 Å². The molecule has 2 heterocycles. The van der Waals surface area contributed by atoms with E-state index in [1.165, 1.54) is 23.3 Å². The molecule has 0 atom stereocenters. The Kier molecular flexibility index (Phi) is 4.24. The van der Waals surface area contributed by atoms with Crippen LogP contribution in [0.1, 0.15) is 35.3 Å². The van der Waals surface area contributed by atoms with Gasteiger partial charge in [0.2, 0.25) is 0 Å². The Hall–Kier alpha value is -2.00. The average molecular weight is 307 g/mol. The summed E-state index contributed by atoms with van der Waals surface area (Å²) >= 11 is 1.22. The first kappa shape index (κ1) is 15.4. The maximum Gasteiger partial charge on any atom is 0.414 e. The lowest BCUT2D eigenvalue weighted by molar-refractivity contribution is 0.0607. The monoisotopic (exact) mass is 307 g/mol. The molecule has 1 aliphatic rings. The molecule has 2 rings (SSSR count). The molecule has 0 bridgehead atoms. The van der Waals surface area contributed by atoms with E-state index in [0.29, 0.717) is 23.7 Å². The highest BCUT2D eigenvalue weighted by atomic mass is 32.1. The Bertz CT molecular complexity index is 630. The summed E-state index contributed by atoms with van der Waals surface area (Å²) in [4.78, 5) is 26.1. The molecule has 0 radical (unpaired) electrons. The highest BCUT2D eigenvalue weighted by molar-refractivity contribution is 7.15. The molecule has 5 nitrogen and oxygen atoms in total. The van der Waals surface area contributed by atoms with Gasteiger partial charge >= 0.3 is 12.1 Å². The third kappa shape index (κ3) is 3.56. The van der Waals surface area contributed by atoms with E-state index in [0.717, 1.165) is 4.88 Å². The van der Waals surface area contributed by atoms with Crippen molar-refractivity contribution in [2.45, 2.75) is 20.8 Å². The van der Waals surface area contributed by atoms with Gasteiger partial charge in [-0.15, -0.1) is 11.3 Å². The van der Waals surface area contributed by atoms with Crippen molar-refractivity contribution in [3.63, 3.8) is 0 Å². The van der Waals surface area contributed by atoms with Gasteiger partial charge in [-0.2, -0.15) is 0 Å². The zero-order chi connectivity index (χ0) is 15.6. The molecule has 0 aliphatic carbocycles. The van der Waals surface area contributed by atoms with Crippen molar-refractivity contribution in [1.82, 2.24) is 0 Å². The standard InChI is InChI=1S/C15H17NO4S/c1-15(2,3)6-5-10-9-11(12(21-10)13(17)19-4)16-7-8-20-14(16)18/h9H,7-8H2,1-4H3. The summed E-state index contributed by atoms with van der Waals surface area (Å²) in [6.07, 6.45) is -0.451. The predicted molar refractivity (Wildman–Crippen MR) is 80.7 cm³/mol. The second-order valence-corrected chi connectivity index (χ2v) is 6.63. The van der Waals surface area contributed by atoms with E-state index in [-0.39, 0.29) is 5.41 Å². The average Bonchev–Trinajstić information content (AvgIpc) is 3.00. The minimum atomic E-state index is -0.474. The van der Waals surface area contributed by atoms with Crippen LogP contribution in [0.4, 0.5) is 10.5 Å². The van der Waals surface area contributed by atoms with Crippen molar-refractivity contribution in [2.75, 3.05) is 25.2 Å². The number of methoxy groups -OCH3 is 1. The minimum absolute atomic E-state index is 0.137. The molecule has 1 fully saturated rings. The molecule has 6 heteroatoms. The Morgan fingerprint density at radius 1 is 1.48 bits per heavy atom. The van der Waals surface area contributed by atoms with E-state index < -0.39 is 12.1 Å². The molecule has 1 saturated heterocycles. The van der Waals surface area contributed by atoms with Crippen molar-refractivity contribution in [3.8, 4) is 11.8 Å². The number of carbonyl (C=O) groups is 2. The number of amides is 1. The van der Waals surface area contributed by atoms with E-state index in [2.05, 4.69) is 11.8 Å². The predicted octanol–water partition coefficient (Wildman–Crippen LogP) is 2.89. The van der Waals surface area contributed by atoms with Crippen LogP contribution in [0.15, 0.2) is 6.07 Å². The maximum absolute atomic E-state index is 11.9. The molecular weight excluding hydrogens is 290 g/mol. The quantitative estimate of drug-likeness (QED) is 0.623. The first-order chi connectivity index (χ1) is 9.81. The molecule has 1 amide bonds. The number of hydrogen-bond donors (Lipinski definition) is 0. The highest BCUT2D eigenvalue weighted by Gasteiger charge is 2.30. The second kappa shape index (κ2) is 5.78. The van der Waals surface area contributed by atoms with Crippen LogP contribution in [0.2, 0.25) is 0 Å². The van der Waals surface area contributed by atoms with Gasteiger partial charge in [-0.05, 0) is 26.8 Å². The summed E-state index contributed by atoms with van der Waals surface area (Å²) in [5, 5.41) is 0. The third-order valence-corrected chi connectivity index (χ3v) is 3.72. The van der Waals surface area contributed by atoms with Crippen LogP contribution in [0.5, 0.6) is 0 Å². The number of cyclic esters (lactones) is 1. The zero-order valence-electron chi connectivity index (χ0n) is 12.5. The molecule has 1 aliphatic heterocycles. The fraction of sp³-hybridized carbons (Fsp3) is 0.467. The molecule has 112 valence electrons. The third-order valence-electron chi connectivity index (χ3n) is 2.70. The topological polar surface area (TPSA) is 55.8 Å². The van der Waals surface area contributed by atoms with Crippen LogP contribution in [-0.4, -0.2) is 32.3 Å². The highest BCUT2D eigenvalue weighted by Crippen LogP contribution is 2.32. The Labute approximate surface area is 127 Å². The number of thiophene rings is 1. The van der Waals surface area contributed by atoms with E-state index in [1.54, 1.807) is 6.07 Å². The zero-order valence-corrected chi connectivity index (χ0v) is 13.3. The van der Waals surface area contributed by atoms with Gasteiger partial charge < -0.3 is 9.47 Å². The van der Waals surface area contributed by atoms with Crippen LogP contribution in [0, 0.1) is 17.3 Å². The smallest absolute Gasteiger partial charge is 0.414 e. The number of esters is 1. The lowest BCUT2D eigenvalue weighted by Crippen LogP contribution is -2.24. The van der Waals surface area contributed by atoms with Gasteiger partial charge in [-0.25, -0.2) is 9.59 Å². The van der Waals surface area contributed by atoms with Gasteiger partial charge in [-0.1, -0.05) is 11.8 Å². The van der Waals surface area contributed by atoms with E-state index in [9.17, 15) is 9.59 Å². The van der Waals surface area contributed by atoms with Gasteiger partial charge in [0.1, 0.15) is 11.5 Å². The lowest BCUT2D eigenvalue weighted by Gasteiger charge is -2.11. The Morgan fingerprint density at radius 3 is 2.71 bits per heavy atom. The molecule has 1 aromatic heterocycles. The van der Waals surface area contributed by atoms with Gasteiger partial charge in [0.05, 0.1) is 24.2 Å². The Balaban J connectivity index is 2.42. The summed E-state index contributed by atoms with van der Waals surface area (Å²) in [5.74, 6) is 5.68. The van der Waals surface area contributed by atoms with Crippen molar-refractivity contribution < 1.29 is 19.1 Å². The number of nitrogens with zero attached hydrogens (tertiary/aromatic N) is 1. The fourth-order valence-corrected chi connectivity index (χ4v) is 2.68. The first-order valence-electron chi connectivity index (χ1n) is 6.51. The van der Waals surface area contributed by atoms with Gasteiger partial charge in [-0.3, -0.25) is 4.90 Å². The van der Waals surface area contributed by atoms with Crippen molar-refractivity contribution in [2.24, 2.45) is 5.41 Å². The molecule has 0 saturated carbocycles. The molecule has 0 unspecified atom stereocenters. The first-order valence-corrected chi connectivity index (χ1v) is 7.33. The van der Waals surface area contributed by atoms with Crippen molar-refractivity contribution >= 4 is 29.1 Å². The summed E-state index contributed by atoms with van der Waals surface area (Å²) < 4.78 is 9.69. The summed E-state index contributed by atoms with van der Waals surface area (Å²) in [6, 6.07) is 1.74. The van der Waals surface area contributed by atoms with E-state index in [1.807, 2.05) is 20.8 Å². The molecule has 21 heavy (non-hydrogen) atoms. The van der Waals surface area contributed by atoms with E-state index in [4.69, 9.17) is 9.47 Å². The van der Waals surface area contributed by atoms with Crippen LogP contribution in [0.25, 0.3) is 0 Å². The van der Waals surface area contributed by atoms with Gasteiger partial charge in [0.25, 0.3) is 0 Å². The SMILES string of the molecule is COC(=O)c1sc(C#CC(C)(C)C)cc1N1CCOC1=O. The second-order valence-electron chi connectivity index (χ2n) is 5.58. The summed E-state index contributed by atoms with van der Waals surface area (Å²) in [6.45, 7) is 6.76. The van der Waals surface area contributed by atoms with Gasteiger partial charge in [0, 0.05) is 5.41 Å². The van der Waals surface area contributed by atoms with Crippen molar-refractivity contribution in [3.05, 3.63) is 15.8 Å². The number of carbonyl (C=O) groups excluding carboxylic acids is 2.